The van der Waals surface area contributed by atoms with Crippen LogP contribution >= 0.6 is 0 Å². The second-order valence-corrected chi connectivity index (χ2v) is 3.30. The number of carbonyl (C=O) groups is 1. The molecule has 0 saturated heterocycles. The van der Waals surface area contributed by atoms with Gasteiger partial charge in [-0.1, -0.05) is 0 Å². The van der Waals surface area contributed by atoms with Crippen LogP contribution in [0.4, 0.5) is 0 Å². The molecule has 0 spiro atoms. The summed E-state index contributed by atoms with van der Waals surface area (Å²) in [6, 6.07) is 8.95. The first kappa shape index (κ1) is 10.9. The molecule has 2 rings (SSSR count). The predicted molar refractivity (Wildman–Crippen MR) is 59.9 cm³/mol. The van der Waals surface area contributed by atoms with Crippen molar-refractivity contribution < 1.29 is 4.79 Å². The van der Waals surface area contributed by atoms with Crippen molar-refractivity contribution in [2.75, 3.05) is 0 Å². The Balaban J connectivity index is 2.31. The molecule has 0 aliphatic heterocycles. The summed E-state index contributed by atoms with van der Waals surface area (Å²) in [4.78, 5) is 15.1. The molecule has 1 amide bonds. The van der Waals surface area contributed by atoms with Gasteiger partial charge in [0.25, 0.3) is 5.91 Å². The zero-order chi connectivity index (χ0) is 12.3. The molecular weight excluding hydrogens is 218 g/mol. The zero-order valence-corrected chi connectivity index (χ0v) is 8.79. The number of aromatic nitrogens is 2. The van der Waals surface area contributed by atoms with Crippen LogP contribution in [-0.2, 0) is 0 Å². The predicted octanol–water partition coefficient (Wildman–Crippen LogP) is 0.347. The number of amides is 1. The Hall–Kier alpha value is -2.65. The molecule has 6 nitrogen and oxygen atoms in total. The molecule has 84 valence electrons. The minimum atomic E-state index is -0.447. The van der Waals surface area contributed by atoms with Crippen LogP contribution in [0.3, 0.4) is 0 Å². The van der Waals surface area contributed by atoms with Crippen molar-refractivity contribution in [1.29, 1.82) is 5.26 Å². The lowest BCUT2D eigenvalue weighted by Gasteiger charge is -2.00. The van der Waals surface area contributed by atoms with E-state index in [0.29, 0.717) is 5.56 Å². The van der Waals surface area contributed by atoms with Gasteiger partial charge in [-0.05, 0) is 24.3 Å². The van der Waals surface area contributed by atoms with Gasteiger partial charge < -0.3 is 4.57 Å². The van der Waals surface area contributed by atoms with Crippen LogP contribution in [0.25, 0.3) is 5.69 Å². The number of rotatable bonds is 2. The summed E-state index contributed by atoms with van der Waals surface area (Å²) in [5.41, 5.74) is 3.63. The number of nitrogens with zero attached hydrogens (tertiary/aromatic N) is 3. The summed E-state index contributed by atoms with van der Waals surface area (Å²) < 4.78 is 1.67. The van der Waals surface area contributed by atoms with E-state index in [1.54, 1.807) is 35.0 Å². The monoisotopic (exact) mass is 227 g/mol. The summed E-state index contributed by atoms with van der Waals surface area (Å²) in [7, 11) is 0. The Kier molecular flexibility index (Phi) is 2.85. The fourth-order valence-electron chi connectivity index (χ4n) is 1.36. The van der Waals surface area contributed by atoms with E-state index in [0.717, 1.165) is 5.69 Å². The zero-order valence-electron chi connectivity index (χ0n) is 8.79. The number of hydrogen-bond donors (Lipinski definition) is 2. The molecular formula is C11H9N5O. The van der Waals surface area contributed by atoms with Crippen molar-refractivity contribution in [1.82, 2.24) is 15.0 Å². The molecule has 0 bridgehead atoms. The van der Waals surface area contributed by atoms with E-state index in [-0.39, 0.29) is 5.69 Å². The topological polar surface area (TPSA) is 96.7 Å². The number of hydrazine groups is 1. The van der Waals surface area contributed by atoms with Gasteiger partial charge >= 0.3 is 0 Å². The molecule has 0 radical (unpaired) electrons. The number of benzene rings is 1. The fraction of sp³-hybridized carbons (Fsp3) is 0. The average Bonchev–Trinajstić information content (AvgIpc) is 2.87. The standard InChI is InChI=1S/C11H9N5O/c12-5-8-1-3-9(4-2-8)16-6-10(14-7-16)11(17)15-13/h1-4,6-7H,13H2,(H,15,17). The van der Waals surface area contributed by atoms with Gasteiger partial charge in [-0.15, -0.1) is 0 Å². The first-order valence-corrected chi connectivity index (χ1v) is 4.80. The lowest BCUT2D eigenvalue weighted by molar-refractivity contribution is 0.0949. The molecule has 0 unspecified atom stereocenters. The third kappa shape index (κ3) is 2.14. The molecule has 0 atom stereocenters. The molecule has 0 aliphatic rings. The summed E-state index contributed by atoms with van der Waals surface area (Å²) >= 11 is 0. The lowest BCUT2D eigenvalue weighted by atomic mass is 10.2. The van der Waals surface area contributed by atoms with Gasteiger partial charge in [-0.25, -0.2) is 10.8 Å². The third-order valence-electron chi connectivity index (χ3n) is 2.24. The van der Waals surface area contributed by atoms with Gasteiger partial charge in [0, 0.05) is 11.9 Å². The van der Waals surface area contributed by atoms with E-state index >= 15 is 0 Å². The first-order valence-electron chi connectivity index (χ1n) is 4.80. The van der Waals surface area contributed by atoms with Crippen LogP contribution in [0.5, 0.6) is 0 Å². The van der Waals surface area contributed by atoms with Gasteiger partial charge in [0.1, 0.15) is 12.0 Å². The van der Waals surface area contributed by atoms with Gasteiger partial charge in [0.2, 0.25) is 0 Å². The lowest BCUT2D eigenvalue weighted by Crippen LogP contribution is -2.30. The van der Waals surface area contributed by atoms with Crippen molar-refractivity contribution in [2.24, 2.45) is 5.84 Å². The Morgan fingerprint density at radius 3 is 2.71 bits per heavy atom. The highest BCUT2D eigenvalue weighted by molar-refractivity contribution is 5.91. The van der Waals surface area contributed by atoms with Crippen LogP contribution < -0.4 is 11.3 Å². The van der Waals surface area contributed by atoms with Crippen LogP contribution in [0, 0.1) is 11.3 Å². The van der Waals surface area contributed by atoms with E-state index in [1.165, 1.54) is 6.33 Å². The number of imidazole rings is 1. The average molecular weight is 227 g/mol. The summed E-state index contributed by atoms with van der Waals surface area (Å²) in [6.45, 7) is 0. The van der Waals surface area contributed by atoms with Crippen molar-refractivity contribution in [3.05, 3.63) is 48.0 Å². The Bertz CT molecular complexity index is 579. The second kappa shape index (κ2) is 4.47. The number of nitriles is 1. The summed E-state index contributed by atoms with van der Waals surface area (Å²) in [6.07, 6.45) is 3.07. The molecule has 3 N–H and O–H groups in total. The quantitative estimate of drug-likeness (QED) is 0.439. The molecule has 2 aromatic rings. The maximum Gasteiger partial charge on any atom is 0.285 e. The molecule has 0 fully saturated rings. The van der Waals surface area contributed by atoms with Crippen molar-refractivity contribution in [2.45, 2.75) is 0 Å². The molecule has 6 heteroatoms. The van der Waals surface area contributed by atoms with Crippen LogP contribution in [0.2, 0.25) is 0 Å². The van der Waals surface area contributed by atoms with Crippen LogP contribution in [0.15, 0.2) is 36.8 Å². The highest BCUT2D eigenvalue weighted by Crippen LogP contribution is 2.10. The largest absolute Gasteiger partial charge is 0.305 e. The first-order chi connectivity index (χ1) is 8.24. The van der Waals surface area contributed by atoms with Gasteiger partial charge in [-0.3, -0.25) is 10.2 Å². The Morgan fingerprint density at radius 2 is 2.12 bits per heavy atom. The van der Waals surface area contributed by atoms with Gasteiger partial charge in [0.15, 0.2) is 0 Å². The molecule has 1 aromatic carbocycles. The number of nitrogen functional groups attached to an aromatic ring is 1. The van der Waals surface area contributed by atoms with Crippen LogP contribution in [0.1, 0.15) is 16.1 Å². The second-order valence-electron chi connectivity index (χ2n) is 3.30. The minimum Gasteiger partial charge on any atom is -0.305 e. The molecule has 1 aromatic heterocycles. The van der Waals surface area contributed by atoms with Crippen molar-refractivity contribution in [3.8, 4) is 11.8 Å². The maximum atomic E-state index is 11.2. The number of nitrogens with two attached hydrogens (primary N) is 1. The Morgan fingerprint density at radius 1 is 1.41 bits per heavy atom. The van der Waals surface area contributed by atoms with E-state index in [2.05, 4.69) is 4.98 Å². The normalized spacial score (nSPS) is 9.65. The van der Waals surface area contributed by atoms with Crippen LogP contribution in [-0.4, -0.2) is 15.5 Å². The highest BCUT2D eigenvalue weighted by Gasteiger charge is 2.07. The van der Waals surface area contributed by atoms with E-state index in [9.17, 15) is 4.79 Å². The number of carbonyl (C=O) groups excluding carboxylic acids is 1. The van der Waals surface area contributed by atoms with Gasteiger partial charge in [0.05, 0.1) is 11.6 Å². The molecule has 17 heavy (non-hydrogen) atoms. The minimum absolute atomic E-state index is 0.233. The Labute approximate surface area is 97.3 Å². The van der Waals surface area contributed by atoms with Gasteiger partial charge in [-0.2, -0.15) is 5.26 Å². The van der Waals surface area contributed by atoms with Crippen molar-refractivity contribution in [3.63, 3.8) is 0 Å². The van der Waals surface area contributed by atoms with E-state index in [4.69, 9.17) is 11.1 Å². The van der Waals surface area contributed by atoms with Crippen molar-refractivity contribution >= 4 is 5.91 Å². The molecule has 0 saturated carbocycles. The third-order valence-corrected chi connectivity index (χ3v) is 2.24. The number of hydrogen-bond acceptors (Lipinski definition) is 4. The fourth-order valence-corrected chi connectivity index (χ4v) is 1.36. The summed E-state index contributed by atoms with van der Waals surface area (Å²) in [5, 5.41) is 8.67. The molecule has 0 aliphatic carbocycles. The summed E-state index contributed by atoms with van der Waals surface area (Å²) in [5.74, 6) is 4.56. The number of nitrogens with one attached hydrogen (secondary N) is 1. The van der Waals surface area contributed by atoms with E-state index in [1.807, 2.05) is 11.5 Å². The molecule has 1 heterocycles. The van der Waals surface area contributed by atoms with E-state index < -0.39 is 5.91 Å². The smallest absolute Gasteiger partial charge is 0.285 e. The SMILES string of the molecule is N#Cc1ccc(-n2cnc(C(=O)NN)c2)cc1. The highest BCUT2D eigenvalue weighted by atomic mass is 16.2. The maximum absolute atomic E-state index is 11.2.